The van der Waals surface area contributed by atoms with Crippen LogP contribution in [0.3, 0.4) is 0 Å². The minimum atomic E-state index is -0.451. The Hall–Kier alpha value is -2.81. The molecule has 6 nitrogen and oxygen atoms in total. The molecule has 1 aromatic heterocycles. The number of nitrogens with two attached hydrogens (primary N) is 1. The number of thiophene rings is 1. The number of primary amides is 1. The second kappa shape index (κ2) is 21.0. The molecular formula is C35H51N3O3S2. The largest absolute Gasteiger partial charge is 0.497 e. The van der Waals surface area contributed by atoms with Gasteiger partial charge in [-0.05, 0) is 87.1 Å². The average Bonchev–Trinajstić information content (AvgIpc) is 3.36. The van der Waals surface area contributed by atoms with Crippen molar-refractivity contribution in [3.63, 3.8) is 0 Å². The molecular weight excluding hydrogens is 575 g/mol. The molecule has 0 unspecified atom stereocenters. The maximum Gasteiger partial charge on any atom is 0.255 e. The van der Waals surface area contributed by atoms with Gasteiger partial charge in [-0.3, -0.25) is 9.59 Å². The molecule has 0 spiro atoms. The van der Waals surface area contributed by atoms with Crippen LogP contribution in [-0.4, -0.2) is 36.3 Å². The van der Waals surface area contributed by atoms with Crippen LogP contribution in [0.25, 0.3) is 0 Å². The molecule has 2 heterocycles. The zero-order chi connectivity index (χ0) is 31.5. The van der Waals surface area contributed by atoms with E-state index >= 15 is 0 Å². The van der Waals surface area contributed by atoms with E-state index in [1.165, 1.54) is 46.8 Å². The first-order valence-corrected chi connectivity index (χ1v) is 17.5. The fourth-order valence-electron chi connectivity index (χ4n) is 4.94. The lowest BCUT2D eigenvalue weighted by Crippen LogP contribution is -2.19. The maximum absolute atomic E-state index is 12.9. The summed E-state index contributed by atoms with van der Waals surface area (Å²) in [5, 5.41) is 3.57. The molecule has 8 heteroatoms. The van der Waals surface area contributed by atoms with E-state index in [-0.39, 0.29) is 5.91 Å². The van der Waals surface area contributed by atoms with Crippen molar-refractivity contribution in [1.29, 1.82) is 0 Å². The third-order valence-corrected chi connectivity index (χ3v) is 9.37. The van der Waals surface area contributed by atoms with Gasteiger partial charge in [0.15, 0.2) is 0 Å². The topological polar surface area (TPSA) is 84.7 Å². The molecule has 1 aliphatic heterocycles. The van der Waals surface area contributed by atoms with Crippen LogP contribution in [0.4, 0.5) is 5.00 Å². The van der Waals surface area contributed by atoms with Crippen LogP contribution in [0.1, 0.15) is 99.9 Å². The van der Waals surface area contributed by atoms with Gasteiger partial charge in [0.25, 0.3) is 11.8 Å². The van der Waals surface area contributed by atoms with Gasteiger partial charge in [0.05, 0.1) is 12.7 Å². The molecule has 236 valence electrons. The Balaban J connectivity index is 0.000000418. The van der Waals surface area contributed by atoms with Gasteiger partial charge < -0.3 is 15.8 Å². The first kappa shape index (κ1) is 36.4. The second-order valence-electron chi connectivity index (χ2n) is 9.86. The number of fused-ring (bicyclic) bond motifs is 1. The van der Waals surface area contributed by atoms with E-state index in [1.807, 2.05) is 82.2 Å². The van der Waals surface area contributed by atoms with Gasteiger partial charge in [-0.15, -0.1) is 11.3 Å². The minimum Gasteiger partial charge on any atom is -0.497 e. The Morgan fingerprint density at radius 1 is 0.930 bits per heavy atom. The Morgan fingerprint density at radius 2 is 1.65 bits per heavy atom. The molecule has 0 radical (unpaired) electrons. The van der Waals surface area contributed by atoms with Crippen LogP contribution in [0.5, 0.6) is 0 Å². The summed E-state index contributed by atoms with van der Waals surface area (Å²) < 4.78 is 7.45. The van der Waals surface area contributed by atoms with Crippen molar-refractivity contribution < 1.29 is 14.3 Å². The lowest BCUT2D eigenvalue weighted by molar-refractivity contribution is -0.112. The highest BCUT2D eigenvalue weighted by Crippen LogP contribution is 2.38. The molecule has 1 fully saturated rings. The molecule has 1 saturated heterocycles. The smallest absolute Gasteiger partial charge is 0.255 e. The molecule has 2 amide bonds. The number of hydrogen-bond acceptors (Lipinski definition) is 6. The van der Waals surface area contributed by atoms with Crippen molar-refractivity contribution >= 4 is 40.1 Å². The maximum atomic E-state index is 12.9. The van der Waals surface area contributed by atoms with Gasteiger partial charge >= 0.3 is 0 Å². The summed E-state index contributed by atoms with van der Waals surface area (Å²) in [6.07, 6.45) is 28.8. The number of aryl methyl sites for hydroxylation is 1. The van der Waals surface area contributed by atoms with Gasteiger partial charge in [-0.1, -0.05) is 77.0 Å². The molecule has 0 saturated carbocycles. The Labute approximate surface area is 268 Å². The number of hydrogen-bond donors (Lipinski definition) is 2. The van der Waals surface area contributed by atoms with Gasteiger partial charge in [0.2, 0.25) is 0 Å². The lowest BCUT2D eigenvalue weighted by atomic mass is 9.95. The number of methoxy groups -OCH3 is 1. The highest BCUT2D eigenvalue weighted by atomic mass is 32.2. The quantitative estimate of drug-likeness (QED) is 0.308. The van der Waals surface area contributed by atoms with E-state index in [4.69, 9.17) is 10.5 Å². The van der Waals surface area contributed by atoms with Crippen LogP contribution < -0.4 is 11.1 Å². The molecule has 0 bridgehead atoms. The van der Waals surface area contributed by atoms with Crippen LogP contribution in [-0.2, 0) is 22.4 Å². The number of anilines is 1. The van der Waals surface area contributed by atoms with E-state index < -0.39 is 5.91 Å². The van der Waals surface area contributed by atoms with E-state index in [1.54, 1.807) is 7.11 Å². The summed E-state index contributed by atoms with van der Waals surface area (Å²) in [6, 6.07) is 0. The number of amides is 2. The standard InChI is InChI=1S/C23H29N3O2S2.C8H10O.2C2H6/c24-21(27)20-18-10-3-4-11-19(18)29-23(20)25-22(28)16-8-7-9-17(13-12-16)30-26-14-5-1-2-6-15-26;1-9-8-6-4-2-3-5-7-8;2*1-2/h7-9,12H,1-6,10-11,13-15H2,(H2,24,27)(H,25,28);2-4,6-7H,5H2,1H3;2*1-2H3. The van der Waals surface area contributed by atoms with Crippen molar-refractivity contribution in [2.24, 2.45) is 5.73 Å². The van der Waals surface area contributed by atoms with Crippen molar-refractivity contribution in [3.05, 3.63) is 86.9 Å². The highest BCUT2D eigenvalue weighted by molar-refractivity contribution is 8.00. The predicted molar refractivity (Wildman–Crippen MR) is 186 cm³/mol. The average molecular weight is 626 g/mol. The molecule has 0 atom stereocenters. The number of allylic oxidation sites excluding steroid dienone is 9. The number of carbonyl (C=O) groups excluding carboxylic acids is 2. The van der Waals surface area contributed by atoms with E-state index in [0.717, 1.165) is 62.9 Å². The van der Waals surface area contributed by atoms with E-state index in [2.05, 4.69) is 21.8 Å². The van der Waals surface area contributed by atoms with Crippen molar-refractivity contribution in [1.82, 2.24) is 4.31 Å². The first-order valence-electron chi connectivity index (χ1n) is 15.9. The van der Waals surface area contributed by atoms with Gasteiger partial charge in [0.1, 0.15) is 10.8 Å². The third-order valence-electron chi connectivity index (χ3n) is 7.00. The van der Waals surface area contributed by atoms with Crippen molar-refractivity contribution in [2.45, 2.75) is 91.9 Å². The summed E-state index contributed by atoms with van der Waals surface area (Å²) in [5.74, 6) is 0.315. The monoisotopic (exact) mass is 625 g/mol. The van der Waals surface area contributed by atoms with Gasteiger partial charge in [0, 0.05) is 28.4 Å². The zero-order valence-electron chi connectivity index (χ0n) is 26.7. The van der Waals surface area contributed by atoms with Gasteiger partial charge in [-0.25, -0.2) is 4.31 Å². The Morgan fingerprint density at radius 3 is 2.35 bits per heavy atom. The molecule has 43 heavy (non-hydrogen) atoms. The summed E-state index contributed by atoms with van der Waals surface area (Å²) in [5.41, 5.74) is 7.83. The fourth-order valence-corrected chi connectivity index (χ4v) is 7.30. The molecule has 3 N–H and O–H groups in total. The lowest BCUT2D eigenvalue weighted by Gasteiger charge is -2.19. The van der Waals surface area contributed by atoms with E-state index in [0.29, 0.717) is 16.1 Å². The van der Waals surface area contributed by atoms with E-state index in [9.17, 15) is 9.59 Å². The molecule has 0 aromatic carbocycles. The summed E-state index contributed by atoms with van der Waals surface area (Å²) in [7, 11) is 1.68. The molecule has 3 aliphatic carbocycles. The summed E-state index contributed by atoms with van der Waals surface area (Å²) in [6.45, 7) is 10.3. The number of carbonyl (C=O) groups is 2. The Kier molecular flexibility index (Phi) is 17.8. The molecule has 1 aromatic rings. The normalized spacial score (nSPS) is 17.7. The van der Waals surface area contributed by atoms with Crippen LogP contribution in [0.15, 0.2) is 70.9 Å². The first-order chi connectivity index (χ1) is 21.0. The number of nitrogens with zero attached hydrogens (tertiary/aromatic N) is 1. The minimum absolute atomic E-state index is 0.179. The second-order valence-corrected chi connectivity index (χ2v) is 12.2. The Bertz CT molecular complexity index is 1210. The van der Waals surface area contributed by atoms with Crippen molar-refractivity contribution in [3.8, 4) is 0 Å². The number of nitrogens with one attached hydrogen (secondary N) is 1. The molecule has 4 aliphatic rings. The highest BCUT2D eigenvalue weighted by Gasteiger charge is 2.25. The van der Waals surface area contributed by atoms with Gasteiger partial charge in [-0.2, -0.15) is 0 Å². The molecule has 5 rings (SSSR count). The third kappa shape index (κ3) is 12.0. The summed E-state index contributed by atoms with van der Waals surface area (Å²) >= 11 is 3.32. The van der Waals surface area contributed by atoms with Crippen LogP contribution >= 0.6 is 23.3 Å². The SMILES string of the molecule is CC.CC.COC1=CCC=CC=C1.NC(=O)c1c(NC(=O)C2=CCC(SN3CCCCCC3)=CC=C2)sc2c1CCCC2. The summed E-state index contributed by atoms with van der Waals surface area (Å²) in [4.78, 5) is 27.4. The predicted octanol–water partition coefficient (Wildman–Crippen LogP) is 9.04. The number of ether oxygens (including phenoxy) is 1. The number of rotatable bonds is 6. The zero-order valence-corrected chi connectivity index (χ0v) is 28.4. The fraction of sp³-hybridized carbons (Fsp3) is 0.486. The van der Waals surface area contributed by atoms with Crippen LogP contribution in [0.2, 0.25) is 0 Å². The van der Waals surface area contributed by atoms with Crippen molar-refractivity contribution in [2.75, 3.05) is 25.5 Å². The van der Waals surface area contributed by atoms with Crippen LogP contribution in [0, 0.1) is 0 Å².